The SMILES string of the molecule is O=C(O)CC(NC(=O)C1CCCCCC1)C1CC1. The Kier molecular flexibility index (Phi) is 4.61. The number of amides is 1. The van der Waals surface area contributed by atoms with E-state index in [-0.39, 0.29) is 24.3 Å². The highest BCUT2D eigenvalue weighted by molar-refractivity contribution is 5.79. The van der Waals surface area contributed by atoms with Gasteiger partial charge in [-0.05, 0) is 31.6 Å². The molecular formula is C14H23NO3. The molecule has 18 heavy (non-hydrogen) atoms. The highest BCUT2D eigenvalue weighted by atomic mass is 16.4. The number of carbonyl (C=O) groups is 2. The van der Waals surface area contributed by atoms with Gasteiger partial charge in [-0.1, -0.05) is 25.7 Å². The summed E-state index contributed by atoms with van der Waals surface area (Å²) in [6, 6.07) is -0.141. The lowest BCUT2D eigenvalue weighted by molar-refractivity contribution is -0.138. The van der Waals surface area contributed by atoms with Gasteiger partial charge < -0.3 is 10.4 Å². The zero-order valence-electron chi connectivity index (χ0n) is 10.9. The van der Waals surface area contributed by atoms with Gasteiger partial charge in [0.25, 0.3) is 0 Å². The molecule has 1 amide bonds. The third kappa shape index (κ3) is 4.00. The van der Waals surface area contributed by atoms with Crippen molar-refractivity contribution in [2.75, 3.05) is 0 Å². The highest BCUT2D eigenvalue weighted by Crippen LogP contribution is 2.34. The molecule has 0 spiro atoms. The molecule has 2 aliphatic rings. The van der Waals surface area contributed by atoms with Crippen molar-refractivity contribution in [3.05, 3.63) is 0 Å². The van der Waals surface area contributed by atoms with Crippen LogP contribution in [-0.4, -0.2) is 23.0 Å². The second-order valence-corrected chi connectivity index (χ2v) is 5.74. The fourth-order valence-electron chi connectivity index (χ4n) is 2.86. The molecule has 0 aromatic carbocycles. The zero-order chi connectivity index (χ0) is 13.0. The van der Waals surface area contributed by atoms with Gasteiger partial charge in [0, 0.05) is 12.0 Å². The van der Waals surface area contributed by atoms with E-state index >= 15 is 0 Å². The normalized spacial score (nSPS) is 23.1. The zero-order valence-corrected chi connectivity index (χ0v) is 10.9. The van der Waals surface area contributed by atoms with E-state index in [0.29, 0.717) is 5.92 Å². The monoisotopic (exact) mass is 253 g/mol. The van der Waals surface area contributed by atoms with E-state index in [4.69, 9.17) is 5.11 Å². The third-order valence-electron chi connectivity index (χ3n) is 4.14. The molecule has 0 aromatic rings. The number of carbonyl (C=O) groups excluding carboxylic acids is 1. The molecule has 0 aromatic heterocycles. The Morgan fingerprint density at radius 3 is 2.17 bits per heavy atom. The molecule has 4 nitrogen and oxygen atoms in total. The van der Waals surface area contributed by atoms with E-state index in [1.807, 2.05) is 0 Å². The lowest BCUT2D eigenvalue weighted by atomic mass is 9.98. The number of carboxylic acids is 1. The Balaban J connectivity index is 1.85. The van der Waals surface area contributed by atoms with Crippen LogP contribution in [0.25, 0.3) is 0 Å². The fraction of sp³-hybridized carbons (Fsp3) is 0.857. The van der Waals surface area contributed by atoms with Gasteiger partial charge in [-0.3, -0.25) is 9.59 Å². The number of nitrogens with one attached hydrogen (secondary N) is 1. The van der Waals surface area contributed by atoms with Crippen molar-refractivity contribution < 1.29 is 14.7 Å². The van der Waals surface area contributed by atoms with Crippen molar-refractivity contribution >= 4 is 11.9 Å². The van der Waals surface area contributed by atoms with E-state index in [0.717, 1.165) is 38.5 Å². The average Bonchev–Trinajstić information content (AvgIpc) is 3.15. The first-order valence-electron chi connectivity index (χ1n) is 7.19. The van der Waals surface area contributed by atoms with Crippen LogP contribution in [0.3, 0.4) is 0 Å². The predicted octanol–water partition coefficient (Wildman–Crippen LogP) is 2.33. The van der Waals surface area contributed by atoms with Crippen LogP contribution in [0.1, 0.15) is 57.8 Å². The van der Waals surface area contributed by atoms with E-state index in [2.05, 4.69) is 5.32 Å². The molecule has 1 unspecified atom stereocenters. The van der Waals surface area contributed by atoms with Crippen molar-refractivity contribution in [3.63, 3.8) is 0 Å². The van der Waals surface area contributed by atoms with Gasteiger partial charge in [-0.2, -0.15) is 0 Å². The van der Waals surface area contributed by atoms with Crippen LogP contribution in [0.15, 0.2) is 0 Å². The maximum absolute atomic E-state index is 12.2. The molecular weight excluding hydrogens is 230 g/mol. The summed E-state index contributed by atoms with van der Waals surface area (Å²) in [5, 5.41) is 11.9. The van der Waals surface area contributed by atoms with Gasteiger partial charge in [-0.25, -0.2) is 0 Å². The molecule has 0 heterocycles. The molecule has 0 radical (unpaired) electrons. The standard InChI is InChI=1S/C14H23NO3/c16-13(17)9-12(10-7-8-10)15-14(18)11-5-3-1-2-4-6-11/h10-12H,1-9H2,(H,15,18)(H,16,17). The first-order valence-corrected chi connectivity index (χ1v) is 7.19. The minimum atomic E-state index is -0.812. The van der Waals surface area contributed by atoms with Crippen molar-refractivity contribution in [1.29, 1.82) is 0 Å². The Bertz CT molecular complexity index is 304. The summed E-state index contributed by atoms with van der Waals surface area (Å²) < 4.78 is 0. The smallest absolute Gasteiger partial charge is 0.305 e. The van der Waals surface area contributed by atoms with Gasteiger partial charge in [0.05, 0.1) is 6.42 Å². The predicted molar refractivity (Wildman–Crippen MR) is 68.1 cm³/mol. The van der Waals surface area contributed by atoms with Gasteiger partial charge >= 0.3 is 5.97 Å². The van der Waals surface area contributed by atoms with Crippen molar-refractivity contribution in [1.82, 2.24) is 5.32 Å². The summed E-state index contributed by atoms with van der Waals surface area (Å²) in [5.41, 5.74) is 0. The van der Waals surface area contributed by atoms with Gasteiger partial charge in [0.1, 0.15) is 0 Å². The summed E-state index contributed by atoms with van der Waals surface area (Å²) in [6.07, 6.45) is 8.84. The van der Waals surface area contributed by atoms with Crippen LogP contribution in [0.4, 0.5) is 0 Å². The van der Waals surface area contributed by atoms with Crippen LogP contribution in [0, 0.1) is 11.8 Å². The first-order chi connectivity index (χ1) is 8.66. The quantitative estimate of drug-likeness (QED) is 0.739. The Morgan fingerprint density at radius 2 is 1.67 bits per heavy atom. The van der Waals surface area contributed by atoms with Gasteiger partial charge in [-0.15, -0.1) is 0 Å². The molecule has 2 rings (SSSR count). The molecule has 1 atom stereocenters. The summed E-state index contributed by atoms with van der Waals surface area (Å²) in [5.74, 6) is -0.207. The van der Waals surface area contributed by atoms with Crippen molar-refractivity contribution in [2.45, 2.75) is 63.8 Å². The highest BCUT2D eigenvalue weighted by Gasteiger charge is 2.34. The van der Waals surface area contributed by atoms with Crippen LogP contribution in [0.5, 0.6) is 0 Å². The number of carboxylic acid groups (broad SMARTS) is 1. The minimum absolute atomic E-state index is 0.0725. The summed E-state index contributed by atoms with van der Waals surface area (Å²) in [4.78, 5) is 23.0. The molecule has 0 bridgehead atoms. The Hall–Kier alpha value is -1.06. The molecule has 2 N–H and O–H groups in total. The van der Waals surface area contributed by atoms with E-state index in [1.54, 1.807) is 0 Å². The molecule has 2 aliphatic carbocycles. The minimum Gasteiger partial charge on any atom is -0.481 e. The van der Waals surface area contributed by atoms with Crippen LogP contribution >= 0.6 is 0 Å². The third-order valence-corrected chi connectivity index (χ3v) is 4.14. The van der Waals surface area contributed by atoms with E-state index < -0.39 is 5.97 Å². The molecule has 0 saturated heterocycles. The number of hydrogen-bond donors (Lipinski definition) is 2. The number of rotatable bonds is 5. The second kappa shape index (κ2) is 6.21. The average molecular weight is 253 g/mol. The molecule has 4 heteroatoms. The summed E-state index contributed by atoms with van der Waals surface area (Å²) in [6.45, 7) is 0. The van der Waals surface area contributed by atoms with Crippen LogP contribution in [0.2, 0.25) is 0 Å². The Morgan fingerprint density at radius 1 is 1.06 bits per heavy atom. The summed E-state index contributed by atoms with van der Waals surface area (Å²) >= 11 is 0. The largest absolute Gasteiger partial charge is 0.481 e. The van der Waals surface area contributed by atoms with Gasteiger partial charge in [0.2, 0.25) is 5.91 Å². The van der Waals surface area contributed by atoms with Crippen molar-refractivity contribution in [2.24, 2.45) is 11.8 Å². The maximum atomic E-state index is 12.2. The number of hydrogen-bond acceptors (Lipinski definition) is 2. The lowest BCUT2D eigenvalue weighted by Crippen LogP contribution is -2.41. The van der Waals surface area contributed by atoms with Crippen LogP contribution < -0.4 is 5.32 Å². The van der Waals surface area contributed by atoms with Crippen LogP contribution in [-0.2, 0) is 9.59 Å². The first kappa shape index (κ1) is 13.4. The molecule has 0 aliphatic heterocycles. The summed E-state index contributed by atoms with van der Waals surface area (Å²) in [7, 11) is 0. The maximum Gasteiger partial charge on any atom is 0.305 e. The van der Waals surface area contributed by atoms with Gasteiger partial charge in [0.15, 0.2) is 0 Å². The lowest BCUT2D eigenvalue weighted by Gasteiger charge is -2.20. The molecule has 2 saturated carbocycles. The topological polar surface area (TPSA) is 66.4 Å². The molecule has 2 fully saturated rings. The molecule has 102 valence electrons. The Labute approximate surface area is 108 Å². The van der Waals surface area contributed by atoms with Crippen molar-refractivity contribution in [3.8, 4) is 0 Å². The van der Waals surface area contributed by atoms with E-state index in [9.17, 15) is 9.59 Å². The second-order valence-electron chi connectivity index (χ2n) is 5.74. The number of aliphatic carboxylic acids is 1. The fourth-order valence-corrected chi connectivity index (χ4v) is 2.86. The van der Waals surface area contributed by atoms with E-state index in [1.165, 1.54) is 12.8 Å².